The van der Waals surface area contributed by atoms with Gasteiger partial charge in [-0.1, -0.05) is 19.3 Å². The van der Waals surface area contributed by atoms with Crippen LogP contribution in [-0.2, 0) is 0 Å². The second-order valence-electron chi connectivity index (χ2n) is 11.2. The summed E-state index contributed by atoms with van der Waals surface area (Å²) in [6.07, 6.45) is 18.8. The number of aromatic nitrogens is 2. The van der Waals surface area contributed by atoms with Gasteiger partial charge in [0.25, 0.3) is 0 Å². The van der Waals surface area contributed by atoms with Gasteiger partial charge in [0, 0.05) is 22.9 Å². The molecule has 0 bridgehead atoms. The third kappa shape index (κ3) is 4.82. The first-order valence-electron chi connectivity index (χ1n) is 13.6. The van der Waals surface area contributed by atoms with Gasteiger partial charge in [-0.2, -0.15) is 0 Å². The molecule has 3 saturated carbocycles. The van der Waals surface area contributed by atoms with Gasteiger partial charge in [0.2, 0.25) is 0 Å². The Hall–Kier alpha value is -0.820. The molecule has 2 aromatic heterocycles. The molecule has 33 heavy (non-hydrogen) atoms. The molecular formula is C27H39N3OS2. The van der Waals surface area contributed by atoms with Crippen LogP contribution < -0.4 is 5.32 Å². The molecule has 3 heterocycles. The average molecular weight is 486 g/mol. The summed E-state index contributed by atoms with van der Waals surface area (Å²) in [5.74, 6) is 3.63. The number of piperidine rings is 1. The predicted molar refractivity (Wildman–Crippen MR) is 137 cm³/mol. The lowest BCUT2D eigenvalue weighted by Gasteiger charge is -2.41. The van der Waals surface area contributed by atoms with Crippen LogP contribution in [0.3, 0.4) is 0 Å². The molecule has 180 valence electrons. The molecule has 6 rings (SSSR count). The Labute approximate surface area is 206 Å². The highest BCUT2D eigenvalue weighted by Gasteiger charge is 2.37. The van der Waals surface area contributed by atoms with Crippen LogP contribution in [0.5, 0.6) is 0 Å². The van der Waals surface area contributed by atoms with Crippen molar-refractivity contribution >= 4 is 22.7 Å². The van der Waals surface area contributed by atoms with Crippen molar-refractivity contribution in [1.29, 1.82) is 0 Å². The van der Waals surface area contributed by atoms with Gasteiger partial charge in [0.15, 0.2) is 0 Å². The zero-order valence-corrected chi connectivity index (χ0v) is 21.4. The van der Waals surface area contributed by atoms with E-state index in [0.29, 0.717) is 11.8 Å². The fourth-order valence-electron chi connectivity index (χ4n) is 6.92. The summed E-state index contributed by atoms with van der Waals surface area (Å²) in [5.41, 5.74) is 1.46. The van der Waals surface area contributed by atoms with Gasteiger partial charge < -0.3 is 10.4 Å². The van der Waals surface area contributed by atoms with Crippen LogP contribution in [0.1, 0.15) is 117 Å². The smallest absolute Gasteiger partial charge is 0.135 e. The normalized spacial score (nSPS) is 32.0. The molecule has 0 unspecified atom stereocenters. The maximum Gasteiger partial charge on any atom is 0.135 e. The molecule has 0 aromatic carbocycles. The fraction of sp³-hybridized carbons (Fsp3) is 0.778. The van der Waals surface area contributed by atoms with E-state index in [1.807, 2.05) is 22.7 Å². The van der Waals surface area contributed by atoms with Gasteiger partial charge >= 0.3 is 0 Å². The van der Waals surface area contributed by atoms with Crippen LogP contribution in [-0.4, -0.2) is 34.3 Å². The maximum absolute atomic E-state index is 9.74. The quantitative estimate of drug-likeness (QED) is 0.487. The molecule has 4 aliphatic rings. The van der Waals surface area contributed by atoms with Gasteiger partial charge in [0.1, 0.15) is 5.01 Å². The third-order valence-corrected chi connectivity index (χ3v) is 11.6. The number of nitrogens with one attached hydrogen (secondary N) is 1. The molecule has 4 nitrogen and oxygen atoms in total. The third-order valence-electron chi connectivity index (χ3n) is 9.05. The fourth-order valence-corrected chi connectivity index (χ4v) is 9.37. The molecule has 0 spiro atoms. The SMILES string of the molecule is OC1CC(C2CCC(c3nc(-c4cnc(C5CCNCC5)s4)sc3C3CCCCC3)CC2)C1. The lowest BCUT2D eigenvalue weighted by molar-refractivity contribution is 0.00358. The molecule has 0 amide bonds. The summed E-state index contributed by atoms with van der Waals surface area (Å²) in [4.78, 5) is 13.2. The van der Waals surface area contributed by atoms with E-state index in [2.05, 4.69) is 11.5 Å². The van der Waals surface area contributed by atoms with Crippen molar-refractivity contribution in [2.75, 3.05) is 13.1 Å². The van der Waals surface area contributed by atoms with Crippen molar-refractivity contribution in [3.8, 4) is 9.88 Å². The van der Waals surface area contributed by atoms with Crippen LogP contribution in [0.15, 0.2) is 6.20 Å². The number of aliphatic hydroxyl groups is 1. The topological polar surface area (TPSA) is 58.0 Å². The Morgan fingerprint density at radius 3 is 2.27 bits per heavy atom. The van der Waals surface area contributed by atoms with Gasteiger partial charge in [-0.25, -0.2) is 9.97 Å². The van der Waals surface area contributed by atoms with Gasteiger partial charge in [0.05, 0.1) is 21.7 Å². The van der Waals surface area contributed by atoms with Crippen LogP contribution >= 0.6 is 22.7 Å². The summed E-state index contributed by atoms with van der Waals surface area (Å²) < 4.78 is 0. The van der Waals surface area contributed by atoms with Crippen LogP contribution in [0.25, 0.3) is 9.88 Å². The van der Waals surface area contributed by atoms with E-state index in [4.69, 9.17) is 9.97 Å². The van der Waals surface area contributed by atoms with Crippen molar-refractivity contribution in [1.82, 2.24) is 15.3 Å². The van der Waals surface area contributed by atoms with E-state index in [0.717, 1.165) is 43.7 Å². The van der Waals surface area contributed by atoms with E-state index < -0.39 is 0 Å². The van der Waals surface area contributed by atoms with E-state index >= 15 is 0 Å². The van der Waals surface area contributed by atoms with E-state index in [1.165, 1.54) is 91.2 Å². The molecule has 2 N–H and O–H groups in total. The molecule has 0 radical (unpaired) electrons. The van der Waals surface area contributed by atoms with Crippen molar-refractivity contribution in [3.63, 3.8) is 0 Å². The second-order valence-corrected chi connectivity index (χ2v) is 13.3. The molecule has 1 aliphatic heterocycles. The predicted octanol–water partition coefficient (Wildman–Crippen LogP) is 6.83. The Morgan fingerprint density at radius 2 is 1.55 bits per heavy atom. The first-order chi connectivity index (χ1) is 16.2. The number of rotatable bonds is 5. The highest BCUT2D eigenvalue weighted by Crippen LogP contribution is 2.49. The van der Waals surface area contributed by atoms with Gasteiger partial charge in [-0.3, -0.25) is 0 Å². The maximum atomic E-state index is 9.74. The molecule has 2 aromatic rings. The summed E-state index contributed by atoms with van der Waals surface area (Å²) in [5, 5.41) is 15.8. The molecule has 3 aliphatic carbocycles. The Morgan fingerprint density at radius 1 is 0.788 bits per heavy atom. The Balaban J connectivity index is 1.22. The minimum absolute atomic E-state index is 0.0131. The van der Waals surface area contributed by atoms with Gasteiger partial charge in [-0.15, -0.1) is 22.7 Å². The molecule has 4 fully saturated rings. The van der Waals surface area contributed by atoms with E-state index in [-0.39, 0.29) is 6.10 Å². The molecule has 6 heteroatoms. The zero-order valence-electron chi connectivity index (χ0n) is 19.8. The van der Waals surface area contributed by atoms with Crippen molar-refractivity contribution in [3.05, 3.63) is 21.8 Å². The van der Waals surface area contributed by atoms with Crippen LogP contribution in [0.4, 0.5) is 0 Å². The summed E-state index contributed by atoms with van der Waals surface area (Å²) in [6.45, 7) is 2.24. The van der Waals surface area contributed by atoms with Crippen LogP contribution in [0, 0.1) is 11.8 Å². The highest BCUT2D eigenvalue weighted by atomic mass is 32.1. The highest BCUT2D eigenvalue weighted by molar-refractivity contribution is 7.21. The zero-order chi connectivity index (χ0) is 22.2. The average Bonchev–Trinajstić information content (AvgIpc) is 3.51. The monoisotopic (exact) mass is 485 g/mol. The summed E-state index contributed by atoms with van der Waals surface area (Å²) in [7, 11) is 0. The number of hydrogen-bond acceptors (Lipinski definition) is 6. The lowest BCUT2D eigenvalue weighted by Crippen LogP contribution is -2.35. The van der Waals surface area contributed by atoms with E-state index in [1.54, 1.807) is 4.88 Å². The number of nitrogens with zero attached hydrogens (tertiary/aromatic N) is 2. The second kappa shape index (κ2) is 10.0. The number of hydrogen-bond donors (Lipinski definition) is 2. The molecular weight excluding hydrogens is 446 g/mol. The molecule has 1 saturated heterocycles. The van der Waals surface area contributed by atoms with Crippen molar-refractivity contribution in [2.24, 2.45) is 11.8 Å². The first-order valence-corrected chi connectivity index (χ1v) is 15.2. The number of thiazole rings is 2. The van der Waals surface area contributed by atoms with Crippen LogP contribution in [0.2, 0.25) is 0 Å². The van der Waals surface area contributed by atoms with Gasteiger partial charge in [-0.05, 0) is 95.1 Å². The van der Waals surface area contributed by atoms with Crippen molar-refractivity contribution < 1.29 is 5.11 Å². The summed E-state index contributed by atoms with van der Waals surface area (Å²) >= 11 is 3.92. The molecule has 0 atom stereocenters. The van der Waals surface area contributed by atoms with Crippen molar-refractivity contribution in [2.45, 2.75) is 107 Å². The summed E-state index contributed by atoms with van der Waals surface area (Å²) in [6, 6.07) is 0. The number of aliphatic hydroxyl groups excluding tert-OH is 1. The first kappa shape index (κ1) is 22.6. The minimum Gasteiger partial charge on any atom is -0.393 e. The lowest BCUT2D eigenvalue weighted by atomic mass is 9.66. The Bertz CT molecular complexity index is 914. The van der Waals surface area contributed by atoms with E-state index in [9.17, 15) is 5.11 Å². The minimum atomic E-state index is -0.0131. The standard InChI is InChI=1S/C27H39N3OS2/c31-22-14-21(15-22)17-6-8-18(9-7-17)24-25(19-4-2-1-3-5-19)33-27(30-24)23-16-29-26(32-23)20-10-12-28-13-11-20/h16-22,28,31H,1-15H2. The largest absolute Gasteiger partial charge is 0.393 e. The Kier molecular flexibility index (Phi) is 6.89.